The molecule has 2 aromatic carbocycles. The van der Waals surface area contributed by atoms with Gasteiger partial charge in [0.15, 0.2) is 0 Å². The van der Waals surface area contributed by atoms with E-state index in [2.05, 4.69) is 67.3 Å². The average molecular weight is 333 g/mol. The van der Waals surface area contributed by atoms with E-state index >= 15 is 0 Å². The van der Waals surface area contributed by atoms with E-state index in [9.17, 15) is 0 Å². The van der Waals surface area contributed by atoms with Gasteiger partial charge >= 0.3 is 0 Å². The van der Waals surface area contributed by atoms with Crippen LogP contribution in [-0.4, -0.2) is 25.1 Å². The number of fused-ring (bicyclic) bond motifs is 2. The van der Waals surface area contributed by atoms with Crippen molar-refractivity contribution in [1.82, 2.24) is 4.90 Å². The van der Waals surface area contributed by atoms with E-state index < -0.39 is 0 Å². The summed E-state index contributed by atoms with van der Waals surface area (Å²) in [4.78, 5) is 2.61. The van der Waals surface area contributed by atoms with Gasteiger partial charge in [-0.25, -0.2) is 0 Å². The molecule has 0 saturated carbocycles. The van der Waals surface area contributed by atoms with Crippen LogP contribution in [0.2, 0.25) is 0 Å². The van der Waals surface area contributed by atoms with Crippen LogP contribution >= 0.6 is 0 Å². The molecule has 0 aromatic heterocycles. The number of rotatable bonds is 3. The number of methoxy groups -OCH3 is 1. The molecule has 2 nitrogen and oxygen atoms in total. The van der Waals surface area contributed by atoms with Crippen molar-refractivity contribution in [2.24, 2.45) is 0 Å². The quantitative estimate of drug-likeness (QED) is 0.794. The number of ether oxygens (including phenoxy) is 1. The fourth-order valence-corrected chi connectivity index (χ4v) is 4.47. The molecule has 0 atom stereocenters. The summed E-state index contributed by atoms with van der Waals surface area (Å²) in [6.45, 7) is 7.72. The second-order valence-electron chi connectivity index (χ2n) is 7.53. The fourth-order valence-electron chi connectivity index (χ4n) is 4.47. The maximum atomic E-state index is 5.45. The van der Waals surface area contributed by atoms with Gasteiger partial charge < -0.3 is 4.74 Å². The Balaban J connectivity index is 1.47. The van der Waals surface area contributed by atoms with Crippen molar-refractivity contribution < 1.29 is 4.74 Å². The highest BCUT2D eigenvalue weighted by atomic mass is 16.5. The van der Waals surface area contributed by atoms with Crippen LogP contribution in [0.15, 0.2) is 42.5 Å². The molecule has 1 heterocycles. The van der Waals surface area contributed by atoms with Crippen molar-refractivity contribution in [1.29, 1.82) is 0 Å². The molecule has 0 bridgehead atoms. The molecule has 1 aliphatic carbocycles. The molecule has 25 heavy (non-hydrogen) atoms. The highest BCUT2D eigenvalue weighted by molar-refractivity contribution is 5.65. The molecule has 0 radical (unpaired) electrons. The van der Waals surface area contributed by atoms with Gasteiger partial charge in [-0.05, 0) is 73.7 Å². The molecule has 2 aromatic rings. The highest BCUT2D eigenvalue weighted by Crippen LogP contribution is 2.43. The van der Waals surface area contributed by atoms with Crippen LogP contribution in [0.3, 0.4) is 0 Å². The zero-order valence-electron chi connectivity index (χ0n) is 15.5. The summed E-state index contributed by atoms with van der Waals surface area (Å²) in [5, 5.41) is 0. The van der Waals surface area contributed by atoms with E-state index in [0.29, 0.717) is 0 Å². The van der Waals surface area contributed by atoms with Gasteiger partial charge in [0.25, 0.3) is 0 Å². The Morgan fingerprint density at radius 3 is 2.52 bits per heavy atom. The van der Waals surface area contributed by atoms with Gasteiger partial charge in [0.05, 0.1) is 7.11 Å². The molecule has 2 heteroatoms. The van der Waals surface area contributed by atoms with E-state index in [-0.39, 0.29) is 5.41 Å². The van der Waals surface area contributed by atoms with Crippen molar-refractivity contribution in [2.45, 2.75) is 38.6 Å². The first-order valence-corrected chi connectivity index (χ1v) is 9.27. The summed E-state index contributed by atoms with van der Waals surface area (Å²) in [7, 11) is 1.75. The van der Waals surface area contributed by atoms with Crippen molar-refractivity contribution in [3.05, 3.63) is 70.3 Å². The minimum atomic E-state index is 0.276. The molecule has 130 valence electrons. The maximum absolute atomic E-state index is 5.45. The first kappa shape index (κ1) is 16.4. The van der Waals surface area contributed by atoms with Crippen LogP contribution in [0, 0.1) is 13.8 Å². The lowest BCUT2D eigenvalue weighted by Gasteiger charge is -2.39. The zero-order valence-corrected chi connectivity index (χ0v) is 15.5. The topological polar surface area (TPSA) is 12.5 Å². The number of likely N-dealkylation sites (tertiary alicyclic amines) is 1. The summed E-state index contributed by atoms with van der Waals surface area (Å²) >= 11 is 0. The number of piperidine rings is 1. The normalized spacial score (nSPS) is 18.5. The van der Waals surface area contributed by atoms with Crippen LogP contribution < -0.4 is 4.74 Å². The molecule has 0 unspecified atom stereocenters. The minimum absolute atomic E-state index is 0.276. The number of hydrogen-bond acceptors (Lipinski definition) is 2. The lowest BCUT2D eigenvalue weighted by atomic mass is 9.74. The molecule has 4 rings (SSSR count). The summed E-state index contributed by atoms with van der Waals surface area (Å²) in [6.07, 6.45) is 7.21. The number of benzene rings is 2. The van der Waals surface area contributed by atoms with Crippen LogP contribution in [0.25, 0.3) is 6.08 Å². The Kier molecular flexibility index (Phi) is 4.16. The van der Waals surface area contributed by atoms with Gasteiger partial charge in [0, 0.05) is 12.0 Å². The fraction of sp³-hybridized carbons (Fsp3) is 0.391. The third kappa shape index (κ3) is 2.79. The largest absolute Gasteiger partial charge is 0.496 e. The predicted octanol–water partition coefficient (Wildman–Crippen LogP) is 4.87. The van der Waals surface area contributed by atoms with Crippen molar-refractivity contribution in [2.75, 3.05) is 20.2 Å². The van der Waals surface area contributed by atoms with E-state index in [4.69, 9.17) is 4.74 Å². The summed E-state index contributed by atoms with van der Waals surface area (Å²) < 4.78 is 5.45. The Bertz CT molecular complexity index is 813. The maximum Gasteiger partial charge on any atom is 0.122 e. The number of allylic oxidation sites excluding steroid dienone is 1. The van der Waals surface area contributed by atoms with Gasteiger partial charge in [0.2, 0.25) is 0 Å². The van der Waals surface area contributed by atoms with Crippen molar-refractivity contribution in [3.63, 3.8) is 0 Å². The first-order valence-electron chi connectivity index (χ1n) is 9.27. The highest BCUT2D eigenvalue weighted by Gasteiger charge is 2.37. The molecule has 0 N–H and O–H groups in total. The molecule has 1 saturated heterocycles. The predicted molar refractivity (Wildman–Crippen MR) is 104 cm³/mol. The van der Waals surface area contributed by atoms with Crippen LogP contribution in [-0.2, 0) is 12.0 Å². The minimum Gasteiger partial charge on any atom is -0.496 e. The summed E-state index contributed by atoms with van der Waals surface area (Å²) in [6, 6.07) is 13.2. The van der Waals surface area contributed by atoms with Crippen LogP contribution in [0.1, 0.15) is 40.7 Å². The molecular formula is C23H27NO. The first-order chi connectivity index (χ1) is 12.1. The van der Waals surface area contributed by atoms with Gasteiger partial charge in [-0.3, -0.25) is 4.90 Å². The number of hydrogen-bond donors (Lipinski definition) is 0. The van der Waals surface area contributed by atoms with Gasteiger partial charge in [-0.1, -0.05) is 42.5 Å². The van der Waals surface area contributed by atoms with Crippen LogP contribution in [0.5, 0.6) is 5.75 Å². The SMILES string of the molecule is COc1ccc(CN2CCC3(C=Cc4ccccc43)CC2)c(C)c1C. The van der Waals surface area contributed by atoms with E-state index in [1.807, 2.05) is 0 Å². The molecule has 2 aliphatic rings. The number of nitrogens with zero attached hydrogens (tertiary/aromatic N) is 1. The zero-order chi connectivity index (χ0) is 17.4. The summed E-state index contributed by atoms with van der Waals surface area (Å²) in [5.41, 5.74) is 7.28. The Morgan fingerprint density at radius 1 is 1.00 bits per heavy atom. The monoisotopic (exact) mass is 333 g/mol. The Morgan fingerprint density at radius 2 is 1.76 bits per heavy atom. The van der Waals surface area contributed by atoms with Crippen molar-refractivity contribution >= 4 is 6.08 Å². The van der Waals surface area contributed by atoms with Gasteiger partial charge in [-0.15, -0.1) is 0 Å². The Hall–Kier alpha value is -2.06. The lowest BCUT2D eigenvalue weighted by molar-refractivity contribution is 0.177. The molecule has 0 amide bonds. The average Bonchev–Trinajstić information content (AvgIpc) is 3.00. The molecule has 1 fully saturated rings. The van der Waals surface area contributed by atoms with E-state index in [0.717, 1.165) is 25.4 Å². The molecular weight excluding hydrogens is 306 g/mol. The smallest absolute Gasteiger partial charge is 0.122 e. The second kappa shape index (κ2) is 6.34. The standard InChI is InChI=1S/C23H27NO/c1-17-18(2)22(25-3)9-8-20(17)16-24-14-12-23(13-15-24)11-10-19-6-4-5-7-21(19)23/h4-11H,12-16H2,1-3H3. The second-order valence-corrected chi connectivity index (χ2v) is 7.53. The Labute approximate surface area is 151 Å². The molecule has 1 spiro atoms. The summed E-state index contributed by atoms with van der Waals surface area (Å²) in [5.74, 6) is 0.992. The molecule has 1 aliphatic heterocycles. The third-order valence-electron chi connectivity index (χ3n) is 6.29. The van der Waals surface area contributed by atoms with Crippen molar-refractivity contribution in [3.8, 4) is 5.75 Å². The van der Waals surface area contributed by atoms with Gasteiger partial charge in [-0.2, -0.15) is 0 Å². The van der Waals surface area contributed by atoms with E-state index in [1.54, 1.807) is 7.11 Å². The van der Waals surface area contributed by atoms with Crippen LogP contribution in [0.4, 0.5) is 0 Å². The van der Waals surface area contributed by atoms with Gasteiger partial charge in [0.1, 0.15) is 5.75 Å². The lowest BCUT2D eigenvalue weighted by Crippen LogP contribution is -2.40. The third-order valence-corrected chi connectivity index (χ3v) is 6.29. The van der Waals surface area contributed by atoms with E-state index in [1.165, 1.54) is 40.7 Å².